The number of hydrogen-bond donors (Lipinski definition) is 1. The highest BCUT2D eigenvalue weighted by Gasteiger charge is 2.10. The highest BCUT2D eigenvalue weighted by molar-refractivity contribution is 5.78. The zero-order chi connectivity index (χ0) is 11.1. The molecule has 0 aliphatic heterocycles. The predicted molar refractivity (Wildman–Crippen MR) is 60.8 cm³/mol. The molecule has 0 saturated carbocycles. The molecule has 0 aromatic carbocycles. The maximum Gasteiger partial charge on any atom is 0.141 e. The van der Waals surface area contributed by atoms with Crippen molar-refractivity contribution in [1.29, 1.82) is 0 Å². The van der Waals surface area contributed by atoms with Crippen LogP contribution in [0.1, 0.15) is 5.69 Å². The lowest BCUT2D eigenvalue weighted by atomic mass is 10.2. The van der Waals surface area contributed by atoms with Crippen LogP contribution >= 0.6 is 0 Å². The van der Waals surface area contributed by atoms with E-state index < -0.39 is 0 Å². The van der Waals surface area contributed by atoms with Crippen molar-refractivity contribution in [3.63, 3.8) is 0 Å². The molecule has 0 aliphatic rings. The number of aryl methyl sites for hydroxylation is 2. The Morgan fingerprint density at radius 3 is 2.94 bits per heavy atom. The smallest absolute Gasteiger partial charge is 0.141 e. The van der Waals surface area contributed by atoms with Gasteiger partial charge in [0, 0.05) is 19.4 Å². The first-order valence-electron chi connectivity index (χ1n) is 5.04. The van der Waals surface area contributed by atoms with Gasteiger partial charge in [0.25, 0.3) is 0 Å². The van der Waals surface area contributed by atoms with Gasteiger partial charge in [0.2, 0.25) is 0 Å². The zero-order valence-corrected chi connectivity index (χ0v) is 9.10. The third-order valence-electron chi connectivity index (χ3n) is 2.55. The summed E-state index contributed by atoms with van der Waals surface area (Å²) in [4.78, 5) is 11.8. The maximum atomic E-state index is 4.51. The Balaban J connectivity index is 2.22. The lowest BCUT2D eigenvalue weighted by Crippen LogP contribution is -1.86. The molecular weight excluding hydrogens is 202 g/mol. The number of hydrogen-bond acceptors (Lipinski definition) is 3. The number of aromatic nitrogens is 5. The van der Waals surface area contributed by atoms with Crippen LogP contribution < -0.4 is 0 Å². The summed E-state index contributed by atoms with van der Waals surface area (Å²) in [5, 5.41) is 4.30. The van der Waals surface area contributed by atoms with Crippen LogP contribution in [0.4, 0.5) is 0 Å². The predicted octanol–water partition coefficient (Wildman–Crippen LogP) is 1.67. The minimum atomic E-state index is 0.841. The summed E-state index contributed by atoms with van der Waals surface area (Å²) in [5.41, 5.74) is 3.86. The molecule has 0 radical (unpaired) electrons. The Labute approximate surface area is 92.2 Å². The fraction of sp³-hybridized carbons (Fsp3) is 0.182. The van der Waals surface area contributed by atoms with E-state index in [2.05, 4.69) is 20.1 Å². The molecule has 3 aromatic rings. The molecule has 0 saturated heterocycles. The van der Waals surface area contributed by atoms with Gasteiger partial charge in [-0.25, -0.2) is 4.98 Å². The third kappa shape index (κ3) is 1.29. The average molecular weight is 213 g/mol. The number of fused-ring (bicyclic) bond motifs is 1. The number of rotatable bonds is 1. The van der Waals surface area contributed by atoms with E-state index in [1.54, 1.807) is 17.1 Å². The molecular formula is C11H11N5. The van der Waals surface area contributed by atoms with E-state index in [1.807, 2.05) is 26.2 Å². The summed E-state index contributed by atoms with van der Waals surface area (Å²) in [5.74, 6) is 0.841. The van der Waals surface area contributed by atoms with Crippen LogP contribution in [0.3, 0.4) is 0 Å². The van der Waals surface area contributed by atoms with Crippen LogP contribution in [0.25, 0.3) is 22.4 Å². The Kier molecular flexibility index (Phi) is 1.80. The molecule has 1 N–H and O–H groups in total. The van der Waals surface area contributed by atoms with Gasteiger partial charge in [-0.1, -0.05) is 0 Å². The molecule has 0 unspecified atom stereocenters. The van der Waals surface area contributed by atoms with Crippen molar-refractivity contribution >= 4 is 11.0 Å². The van der Waals surface area contributed by atoms with E-state index in [0.717, 1.165) is 28.1 Å². The second-order valence-corrected chi connectivity index (χ2v) is 3.78. The van der Waals surface area contributed by atoms with Crippen LogP contribution in [-0.2, 0) is 7.05 Å². The van der Waals surface area contributed by atoms with Gasteiger partial charge in [0.15, 0.2) is 0 Å². The second-order valence-electron chi connectivity index (χ2n) is 3.78. The monoisotopic (exact) mass is 213 g/mol. The summed E-state index contributed by atoms with van der Waals surface area (Å²) in [7, 11) is 1.90. The Morgan fingerprint density at radius 2 is 2.25 bits per heavy atom. The van der Waals surface area contributed by atoms with Crippen LogP contribution in [0.15, 0.2) is 24.7 Å². The van der Waals surface area contributed by atoms with Crippen LogP contribution in [0, 0.1) is 6.92 Å². The first-order valence-corrected chi connectivity index (χ1v) is 5.04. The molecule has 0 bridgehead atoms. The lowest BCUT2D eigenvalue weighted by Gasteiger charge is -1.90. The molecule has 3 aromatic heterocycles. The van der Waals surface area contributed by atoms with Crippen LogP contribution in [0.5, 0.6) is 0 Å². The van der Waals surface area contributed by atoms with Crippen molar-refractivity contribution in [3.8, 4) is 11.4 Å². The van der Waals surface area contributed by atoms with Crippen molar-refractivity contribution < 1.29 is 0 Å². The van der Waals surface area contributed by atoms with Gasteiger partial charge >= 0.3 is 0 Å². The van der Waals surface area contributed by atoms with E-state index in [-0.39, 0.29) is 0 Å². The topological polar surface area (TPSA) is 59.4 Å². The number of H-pyrrole nitrogens is 1. The number of aromatic amines is 1. The Bertz CT molecular complexity index is 616. The van der Waals surface area contributed by atoms with Gasteiger partial charge < -0.3 is 4.98 Å². The fourth-order valence-corrected chi connectivity index (χ4v) is 1.82. The molecule has 5 heteroatoms. The standard InChI is InChI=1S/C11H11N5/c1-7-8(6-16(2)15-7)11-13-9-3-4-12-5-10(9)14-11/h3-6H,1-2H3,(H,13,14). The molecule has 0 aliphatic carbocycles. The minimum Gasteiger partial charge on any atom is -0.337 e. The summed E-state index contributed by atoms with van der Waals surface area (Å²) in [6, 6.07) is 1.89. The van der Waals surface area contributed by atoms with Crippen LogP contribution in [0.2, 0.25) is 0 Å². The minimum absolute atomic E-state index is 0.841. The number of pyridine rings is 1. The van der Waals surface area contributed by atoms with E-state index >= 15 is 0 Å². The lowest BCUT2D eigenvalue weighted by molar-refractivity contribution is 0.756. The van der Waals surface area contributed by atoms with E-state index in [4.69, 9.17) is 0 Å². The molecule has 0 fully saturated rings. The molecule has 16 heavy (non-hydrogen) atoms. The van der Waals surface area contributed by atoms with Crippen molar-refractivity contribution in [2.24, 2.45) is 7.05 Å². The summed E-state index contributed by atoms with van der Waals surface area (Å²) in [6.45, 7) is 1.97. The van der Waals surface area contributed by atoms with E-state index in [9.17, 15) is 0 Å². The normalized spacial score (nSPS) is 11.1. The third-order valence-corrected chi connectivity index (χ3v) is 2.55. The van der Waals surface area contributed by atoms with Gasteiger partial charge in [-0.3, -0.25) is 9.67 Å². The first-order chi connectivity index (χ1) is 7.74. The molecule has 0 atom stereocenters. The fourth-order valence-electron chi connectivity index (χ4n) is 1.82. The molecule has 5 nitrogen and oxygen atoms in total. The highest BCUT2D eigenvalue weighted by atomic mass is 15.3. The van der Waals surface area contributed by atoms with Gasteiger partial charge in [-0.2, -0.15) is 5.10 Å². The van der Waals surface area contributed by atoms with E-state index in [0.29, 0.717) is 0 Å². The summed E-state index contributed by atoms with van der Waals surface area (Å²) >= 11 is 0. The molecule has 0 amide bonds. The average Bonchev–Trinajstić information content (AvgIpc) is 2.81. The van der Waals surface area contributed by atoms with Crippen LogP contribution in [-0.4, -0.2) is 24.7 Å². The second kappa shape index (κ2) is 3.16. The zero-order valence-electron chi connectivity index (χ0n) is 9.10. The number of nitrogens with one attached hydrogen (secondary N) is 1. The SMILES string of the molecule is Cc1nn(C)cc1-c1nc2ccncc2[nH]1. The van der Waals surface area contributed by atoms with Crippen molar-refractivity contribution in [2.75, 3.05) is 0 Å². The highest BCUT2D eigenvalue weighted by Crippen LogP contribution is 2.21. The Morgan fingerprint density at radius 1 is 1.38 bits per heavy atom. The van der Waals surface area contributed by atoms with Gasteiger partial charge in [0.1, 0.15) is 5.82 Å². The first kappa shape index (κ1) is 9.08. The molecule has 80 valence electrons. The summed E-state index contributed by atoms with van der Waals surface area (Å²) < 4.78 is 1.79. The van der Waals surface area contributed by atoms with Gasteiger partial charge in [-0.15, -0.1) is 0 Å². The molecule has 0 spiro atoms. The molecule has 3 rings (SSSR count). The van der Waals surface area contributed by atoms with Crippen molar-refractivity contribution in [3.05, 3.63) is 30.4 Å². The quantitative estimate of drug-likeness (QED) is 0.668. The van der Waals surface area contributed by atoms with Crippen molar-refractivity contribution in [1.82, 2.24) is 24.7 Å². The van der Waals surface area contributed by atoms with Crippen molar-refractivity contribution in [2.45, 2.75) is 6.92 Å². The van der Waals surface area contributed by atoms with E-state index in [1.165, 1.54) is 0 Å². The largest absolute Gasteiger partial charge is 0.337 e. The van der Waals surface area contributed by atoms with Gasteiger partial charge in [0.05, 0.1) is 28.5 Å². The summed E-state index contributed by atoms with van der Waals surface area (Å²) in [6.07, 6.45) is 5.47. The maximum absolute atomic E-state index is 4.51. The Hall–Kier alpha value is -2.17. The number of imidazole rings is 1. The number of nitrogens with zero attached hydrogens (tertiary/aromatic N) is 4. The molecule has 3 heterocycles. The van der Waals surface area contributed by atoms with Gasteiger partial charge in [-0.05, 0) is 13.0 Å².